The Morgan fingerprint density at radius 3 is 2.50 bits per heavy atom. The zero-order valence-corrected chi connectivity index (χ0v) is 19.4. The van der Waals surface area contributed by atoms with Crippen LogP contribution in [0.4, 0.5) is 13.2 Å². The molecule has 0 unspecified atom stereocenters. The first-order chi connectivity index (χ1) is 14.8. The fourth-order valence-electron chi connectivity index (χ4n) is 2.67. The molecule has 1 amide bonds. The summed E-state index contributed by atoms with van der Waals surface area (Å²) in [6.07, 6.45) is -4.77. The molecule has 0 aliphatic carbocycles. The number of rotatable bonds is 5. The predicted molar refractivity (Wildman–Crippen MR) is 111 cm³/mol. The number of nitrogens with zero attached hydrogens (tertiary/aromatic N) is 3. The minimum atomic E-state index is -4.77. The van der Waals surface area contributed by atoms with Crippen LogP contribution in [-0.4, -0.2) is 36.4 Å². The largest absolute Gasteiger partial charge is 0.497 e. The Balaban J connectivity index is 1.93. The topological polar surface area (TPSA) is 103 Å². The smallest absolute Gasteiger partial charge is 0.416 e. The highest BCUT2D eigenvalue weighted by Gasteiger charge is 2.33. The molecule has 170 valence electrons. The maximum absolute atomic E-state index is 13.0. The lowest BCUT2D eigenvalue weighted by Gasteiger charge is -2.12. The summed E-state index contributed by atoms with van der Waals surface area (Å²) >= 11 is 9.09. The molecule has 1 N–H and O–H groups in total. The molecule has 3 aromatic rings. The fourth-order valence-corrected chi connectivity index (χ4v) is 4.86. The van der Waals surface area contributed by atoms with Gasteiger partial charge in [0.1, 0.15) is 10.6 Å². The van der Waals surface area contributed by atoms with Gasteiger partial charge in [-0.2, -0.15) is 13.2 Å². The van der Waals surface area contributed by atoms with E-state index in [2.05, 4.69) is 26.2 Å². The standard InChI is InChI=1S/C18H13BrClF3N4O4S/c1-9-16(24-26-27(9)14-6-4-11(31-2)8-13(14)20)17(28)25-32(29,30)15-7-10(18(21,22)23)3-5-12(15)19/h3-8H,1-2H3,(H,25,28). The molecule has 0 atom stereocenters. The van der Waals surface area contributed by atoms with E-state index in [0.29, 0.717) is 23.6 Å². The fraction of sp³-hybridized carbons (Fsp3) is 0.167. The van der Waals surface area contributed by atoms with Crippen LogP contribution in [0.3, 0.4) is 0 Å². The van der Waals surface area contributed by atoms with Crippen LogP contribution in [0.25, 0.3) is 5.69 Å². The third-order valence-corrected chi connectivity index (χ3v) is 6.90. The van der Waals surface area contributed by atoms with E-state index < -0.39 is 32.6 Å². The first-order valence-corrected chi connectivity index (χ1v) is 11.2. The number of hydrogen-bond donors (Lipinski definition) is 1. The van der Waals surface area contributed by atoms with E-state index in [1.165, 1.54) is 24.8 Å². The zero-order valence-electron chi connectivity index (χ0n) is 16.2. The van der Waals surface area contributed by atoms with E-state index in [9.17, 15) is 26.4 Å². The number of carbonyl (C=O) groups excluding carboxylic acids is 1. The molecule has 1 aromatic heterocycles. The van der Waals surface area contributed by atoms with Gasteiger partial charge in [0.25, 0.3) is 15.9 Å². The van der Waals surface area contributed by atoms with Gasteiger partial charge in [0.2, 0.25) is 0 Å². The molecular weight excluding hydrogens is 541 g/mol. The number of alkyl halides is 3. The number of benzene rings is 2. The predicted octanol–water partition coefficient (Wildman–Crippen LogP) is 4.14. The number of carbonyl (C=O) groups is 1. The van der Waals surface area contributed by atoms with Gasteiger partial charge in [0.05, 0.1) is 29.1 Å². The Hall–Kier alpha value is -2.64. The lowest BCUT2D eigenvalue weighted by molar-refractivity contribution is -0.137. The highest BCUT2D eigenvalue weighted by atomic mass is 79.9. The van der Waals surface area contributed by atoms with Crippen LogP contribution >= 0.6 is 27.5 Å². The molecule has 0 spiro atoms. The summed E-state index contributed by atoms with van der Waals surface area (Å²) in [7, 11) is -3.22. The molecule has 0 saturated carbocycles. The SMILES string of the molecule is COc1ccc(-n2nnc(C(=O)NS(=O)(=O)c3cc(C(F)(F)F)ccc3Br)c2C)c(Cl)c1. The molecule has 1 heterocycles. The lowest BCUT2D eigenvalue weighted by Crippen LogP contribution is -2.32. The molecule has 2 aromatic carbocycles. The third kappa shape index (κ3) is 4.74. The van der Waals surface area contributed by atoms with Gasteiger partial charge in [0, 0.05) is 10.5 Å². The number of halogens is 5. The van der Waals surface area contributed by atoms with Crippen molar-refractivity contribution in [1.82, 2.24) is 19.7 Å². The van der Waals surface area contributed by atoms with Gasteiger partial charge in [-0.05, 0) is 53.2 Å². The zero-order chi connectivity index (χ0) is 23.8. The van der Waals surface area contributed by atoms with Gasteiger partial charge >= 0.3 is 6.18 Å². The summed E-state index contributed by atoms with van der Waals surface area (Å²) in [5.41, 5.74) is -1.05. The number of ether oxygens (including phenoxy) is 1. The van der Waals surface area contributed by atoms with Crippen molar-refractivity contribution in [2.45, 2.75) is 18.0 Å². The summed E-state index contributed by atoms with van der Waals surface area (Å²) in [5.74, 6) is -0.699. The number of sulfonamides is 1. The normalized spacial score (nSPS) is 12.0. The van der Waals surface area contributed by atoms with Crippen LogP contribution in [0.1, 0.15) is 21.7 Å². The summed E-state index contributed by atoms with van der Waals surface area (Å²) in [5, 5.41) is 7.73. The number of hydrogen-bond acceptors (Lipinski definition) is 6. The Morgan fingerprint density at radius 1 is 1.22 bits per heavy atom. The number of nitrogens with one attached hydrogen (secondary N) is 1. The second-order valence-corrected chi connectivity index (χ2v) is 9.24. The van der Waals surface area contributed by atoms with Crippen LogP contribution in [-0.2, 0) is 16.2 Å². The van der Waals surface area contributed by atoms with E-state index in [0.717, 1.165) is 6.07 Å². The Kier molecular flexibility index (Phi) is 6.54. The lowest BCUT2D eigenvalue weighted by atomic mass is 10.2. The van der Waals surface area contributed by atoms with E-state index in [1.807, 2.05) is 0 Å². The first kappa shape index (κ1) is 24.0. The molecule has 3 rings (SSSR count). The van der Waals surface area contributed by atoms with Crippen LogP contribution in [0.5, 0.6) is 5.75 Å². The van der Waals surface area contributed by atoms with Gasteiger partial charge < -0.3 is 4.74 Å². The van der Waals surface area contributed by atoms with Crippen LogP contribution < -0.4 is 9.46 Å². The van der Waals surface area contributed by atoms with Gasteiger partial charge in [0.15, 0.2) is 5.69 Å². The first-order valence-electron chi connectivity index (χ1n) is 8.55. The minimum Gasteiger partial charge on any atom is -0.497 e. The highest BCUT2D eigenvalue weighted by Crippen LogP contribution is 2.33. The van der Waals surface area contributed by atoms with Crippen LogP contribution in [0, 0.1) is 6.92 Å². The number of methoxy groups -OCH3 is 1. The van der Waals surface area contributed by atoms with Crippen molar-refractivity contribution < 1.29 is 31.1 Å². The quantitative estimate of drug-likeness (QED) is 0.510. The van der Waals surface area contributed by atoms with Crippen molar-refractivity contribution in [3.05, 3.63) is 62.8 Å². The molecule has 0 saturated heterocycles. The van der Waals surface area contributed by atoms with E-state index >= 15 is 0 Å². The average molecular weight is 554 g/mol. The van der Waals surface area contributed by atoms with E-state index in [1.54, 1.807) is 16.9 Å². The van der Waals surface area contributed by atoms with Crippen molar-refractivity contribution >= 4 is 43.5 Å². The molecule has 8 nitrogen and oxygen atoms in total. The second kappa shape index (κ2) is 8.71. The van der Waals surface area contributed by atoms with Crippen molar-refractivity contribution in [2.75, 3.05) is 7.11 Å². The van der Waals surface area contributed by atoms with Gasteiger partial charge in [-0.25, -0.2) is 17.8 Å². The molecule has 0 radical (unpaired) electrons. The molecule has 0 aliphatic rings. The summed E-state index contributed by atoms with van der Waals surface area (Å²) in [6.45, 7) is 1.45. The second-order valence-electron chi connectivity index (χ2n) is 6.33. The van der Waals surface area contributed by atoms with Crippen LogP contribution in [0.2, 0.25) is 5.02 Å². The van der Waals surface area contributed by atoms with Gasteiger partial charge in [-0.15, -0.1) is 5.10 Å². The molecular formula is C18H13BrClF3N4O4S. The average Bonchev–Trinajstić information content (AvgIpc) is 3.08. The van der Waals surface area contributed by atoms with Crippen molar-refractivity contribution in [2.24, 2.45) is 0 Å². The third-order valence-electron chi connectivity index (χ3n) is 4.27. The van der Waals surface area contributed by atoms with Crippen molar-refractivity contribution in [3.8, 4) is 11.4 Å². The molecule has 0 fully saturated rings. The molecule has 0 aliphatic heterocycles. The van der Waals surface area contributed by atoms with Crippen LogP contribution in [0.15, 0.2) is 45.8 Å². The molecule has 14 heteroatoms. The highest BCUT2D eigenvalue weighted by molar-refractivity contribution is 9.10. The summed E-state index contributed by atoms with van der Waals surface area (Å²) in [4.78, 5) is 11.8. The van der Waals surface area contributed by atoms with Crippen molar-refractivity contribution in [3.63, 3.8) is 0 Å². The Labute approximate surface area is 193 Å². The summed E-state index contributed by atoms with van der Waals surface area (Å²) in [6, 6.07) is 6.71. The maximum atomic E-state index is 13.0. The Morgan fingerprint density at radius 2 is 1.91 bits per heavy atom. The number of amides is 1. The Bertz CT molecular complexity index is 1310. The molecule has 32 heavy (non-hydrogen) atoms. The van der Waals surface area contributed by atoms with Gasteiger partial charge in [-0.3, -0.25) is 4.79 Å². The molecule has 0 bridgehead atoms. The minimum absolute atomic E-state index is 0.146. The van der Waals surface area contributed by atoms with Crippen molar-refractivity contribution in [1.29, 1.82) is 0 Å². The van der Waals surface area contributed by atoms with E-state index in [4.69, 9.17) is 16.3 Å². The van der Waals surface area contributed by atoms with E-state index in [-0.39, 0.29) is 20.9 Å². The maximum Gasteiger partial charge on any atom is 0.416 e. The monoisotopic (exact) mass is 552 g/mol. The number of aromatic nitrogens is 3. The summed E-state index contributed by atoms with van der Waals surface area (Å²) < 4.78 is 72.0. The van der Waals surface area contributed by atoms with Gasteiger partial charge in [-0.1, -0.05) is 16.8 Å².